The second-order valence-corrected chi connectivity index (χ2v) is 5.71. The topological polar surface area (TPSA) is 20.3 Å². The fourth-order valence-electron chi connectivity index (χ4n) is 2.57. The van der Waals surface area contributed by atoms with Crippen LogP contribution in [0, 0.1) is 17.8 Å². The summed E-state index contributed by atoms with van der Waals surface area (Å²) in [5.41, 5.74) is 0. The van der Waals surface area contributed by atoms with E-state index in [1.165, 1.54) is 19.3 Å². The van der Waals surface area contributed by atoms with Crippen LogP contribution in [0.1, 0.15) is 45.4 Å². The molecule has 0 aromatic carbocycles. The van der Waals surface area contributed by atoms with Crippen LogP contribution < -0.4 is 0 Å². The molecule has 2 fully saturated rings. The van der Waals surface area contributed by atoms with E-state index in [4.69, 9.17) is 0 Å². The van der Waals surface area contributed by atoms with Crippen LogP contribution in [0.3, 0.4) is 0 Å². The summed E-state index contributed by atoms with van der Waals surface area (Å²) in [6, 6.07) is 0. The van der Waals surface area contributed by atoms with Gasteiger partial charge >= 0.3 is 0 Å². The van der Waals surface area contributed by atoms with E-state index < -0.39 is 0 Å². The predicted octanol–water partition coefficient (Wildman–Crippen LogP) is 3.24. The number of hydrogen-bond donors (Lipinski definition) is 0. The van der Waals surface area contributed by atoms with Gasteiger partial charge in [0.15, 0.2) is 0 Å². The Labute approximate surface area is 105 Å². The van der Waals surface area contributed by atoms with E-state index >= 15 is 0 Å². The summed E-state index contributed by atoms with van der Waals surface area (Å²) in [6.07, 6.45) is 11.8. The lowest BCUT2D eigenvalue weighted by Crippen LogP contribution is -2.30. The Balaban J connectivity index is 1.59. The SMILES string of the molecule is CC/C=C\CCC1CC1CN(C)C(=O)C1CC1. The third kappa shape index (κ3) is 3.86. The van der Waals surface area contributed by atoms with E-state index in [1.807, 2.05) is 11.9 Å². The Morgan fingerprint density at radius 1 is 1.29 bits per heavy atom. The molecular weight excluding hydrogens is 210 g/mol. The number of carbonyl (C=O) groups excluding carboxylic acids is 1. The highest BCUT2D eigenvalue weighted by Gasteiger charge is 2.39. The van der Waals surface area contributed by atoms with Crippen LogP contribution in [0.2, 0.25) is 0 Å². The molecule has 1 amide bonds. The number of rotatable bonds is 7. The Morgan fingerprint density at radius 3 is 2.71 bits per heavy atom. The quantitative estimate of drug-likeness (QED) is 0.620. The summed E-state index contributed by atoms with van der Waals surface area (Å²) in [6.45, 7) is 3.17. The van der Waals surface area contributed by atoms with Crippen molar-refractivity contribution in [2.45, 2.75) is 45.4 Å². The second kappa shape index (κ2) is 5.70. The molecule has 0 N–H and O–H groups in total. The number of hydrogen-bond acceptors (Lipinski definition) is 1. The minimum absolute atomic E-state index is 0.379. The largest absolute Gasteiger partial charge is 0.345 e. The lowest BCUT2D eigenvalue weighted by Gasteiger charge is -2.16. The predicted molar refractivity (Wildman–Crippen MR) is 70.6 cm³/mol. The van der Waals surface area contributed by atoms with Gasteiger partial charge in [0, 0.05) is 19.5 Å². The fourth-order valence-corrected chi connectivity index (χ4v) is 2.57. The summed E-state index contributed by atoms with van der Waals surface area (Å²) in [5.74, 6) is 2.44. The maximum Gasteiger partial charge on any atom is 0.225 e. The molecule has 0 aromatic rings. The van der Waals surface area contributed by atoms with Crippen molar-refractivity contribution < 1.29 is 4.79 Å². The van der Waals surface area contributed by atoms with Crippen LogP contribution in [0.15, 0.2) is 12.2 Å². The first kappa shape index (κ1) is 12.7. The zero-order valence-electron chi connectivity index (χ0n) is 11.2. The molecule has 2 unspecified atom stereocenters. The minimum Gasteiger partial charge on any atom is -0.345 e. The van der Waals surface area contributed by atoms with Crippen LogP contribution in [0.4, 0.5) is 0 Å². The highest BCUT2D eigenvalue weighted by molar-refractivity contribution is 5.80. The smallest absolute Gasteiger partial charge is 0.225 e. The summed E-state index contributed by atoms with van der Waals surface area (Å²) in [7, 11) is 1.98. The molecule has 2 aliphatic carbocycles. The van der Waals surface area contributed by atoms with Gasteiger partial charge in [-0.3, -0.25) is 4.79 Å². The van der Waals surface area contributed by atoms with Crippen LogP contribution in [-0.2, 0) is 4.79 Å². The van der Waals surface area contributed by atoms with Crippen molar-refractivity contribution >= 4 is 5.91 Å². The van der Waals surface area contributed by atoms with Gasteiger partial charge in [-0.05, 0) is 50.4 Å². The number of amides is 1. The van der Waals surface area contributed by atoms with Crippen molar-refractivity contribution in [2.75, 3.05) is 13.6 Å². The molecule has 0 spiro atoms. The summed E-state index contributed by atoms with van der Waals surface area (Å²) in [4.78, 5) is 13.8. The van der Waals surface area contributed by atoms with Gasteiger partial charge in [-0.25, -0.2) is 0 Å². The maximum absolute atomic E-state index is 11.8. The summed E-state index contributed by atoms with van der Waals surface area (Å²) in [5, 5.41) is 0. The Hall–Kier alpha value is -0.790. The normalized spacial score (nSPS) is 27.4. The Morgan fingerprint density at radius 2 is 2.06 bits per heavy atom. The van der Waals surface area contributed by atoms with Crippen molar-refractivity contribution in [2.24, 2.45) is 17.8 Å². The van der Waals surface area contributed by atoms with E-state index in [1.54, 1.807) is 0 Å². The van der Waals surface area contributed by atoms with Gasteiger partial charge < -0.3 is 4.90 Å². The van der Waals surface area contributed by atoms with Gasteiger partial charge in [0.25, 0.3) is 0 Å². The molecule has 2 nitrogen and oxygen atoms in total. The molecule has 96 valence electrons. The van der Waals surface area contributed by atoms with Crippen molar-refractivity contribution in [1.82, 2.24) is 4.90 Å². The van der Waals surface area contributed by atoms with Crippen molar-refractivity contribution in [1.29, 1.82) is 0 Å². The van der Waals surface area contributed by atoms with E-state index in [0.29, 0.717) is 11.8 Å². The molecule has 17 heavy (non-hydrogen) atoms. The molecule has 2 atom stereocenters. The lowest BCUT2D eigenvalue weighted by molar-refractivity contribution is -0.131. The zero-order valence-corrected chi connectivity index (χ0v) is 11.2. The van der Waals surface area contributed by atoms with Crippen molar-refractivity contribution in [3.8, 4) is 0 Å². The van der Waals surface area contributed by atoms with Crippen LogP contribution >= 0.6 is 0 Å². The van der Waals surface area contributed by atoms with E-state index in [-0.39, 0.29) is 0 Å². The third-order valence-corrected chi connectivity index (χ3v) is 3.99. The standard InChI is InChI=1S/C15H25NO/c1-3-4-5-6-7-13-10-14(13)11-16(2)15(17)12-8-9-12/h4-5,12-14H,3,6-11H2,1-2H3/b5-4-. The van der Waals surface area contributed by atoms with E-state index in [2.05, 4.69) is 19.1 Å². The molecule has 0 radical (unpaired) electrons. The first-order valence-electron chi connectivity index (χ1n) is 7.12. The highest BCUT2D eigenvalue weighted by atomic mass is 16.2. The van der Waals surface area contributed by atoms with E-state index in [9.17, 15) is 4.79 Å². The molecule has 0 heterocycles. The van der Waals surface area contributed by atoms with Crippen LogP contribution in [0.5, 0.6) is 0 Å². The van der Waals surface area contributed by atoms with Gasteiger partial charge in [0.1, 0.15) is 0 Å². The molecule has 0 aliphatic heterocycles. The van der Waals surface area contributed by atoms with Gasteiger partial charge in [-0.15, -0.1) is 0 Å². The number of allylic oxidation sites excluding steroid dienone is 2. The Bertz CT molecular complexity index is 293. The molecule has 0 saturated heterocycles. The monoisotopic (exact) mass is 235 g/mol. The minimum atomic E-state index is 0.379. The number of nitrogens with zero attached hydrogens (tertiary/aromatic N) is 1. The average Bonchev–Trinajstić information content (AvgIpc) is 3.19. The Kier molecular flexibility index (Phi) is 4.25. The molecule has 0 bridgehead atoms. The molecule has 2 saturated carbocycles. The molecule has 2 heteroatoms. The fraction of sp³-hybridized carbons (Fsp3) is 0.800. The molecule has 0 aromatic heterocycles. The summed E-state index contributed by atoms with van der Waals surface area (Å²) >= 11 is 0. The zero-order chi connectivity index (χ0) is 12.3. The second-order valence-electron chi connectivity index (χ2n) is 5.71. The molecular formula is C15H25NO. The first-order chi connectivity index (χ1) is 8.22. The maximum atomic E-state index is 11.8. The first-order valence-corrected chi connectivity index (χ1v) is 7.12. The molecule has 2 aliphatic rings. The molecule has 2 rings (SSSR count). The highest BCUT2D eigenvalue weighted by Crippen LogP contribution is 2.43. The van der Waals surface area contributed by atoms with Gasteiger partial charge in [-0.1, -0.05) is 19.1 Å². The van der Waals surface area contributed by atoms with E-state index in [0.717, 1.165) is 37.6 Å². The van der Waals surface area contributed by atoms with Crippen LogP contribution in [0.25, 0.3) is 0 Å². The van der Waals surface area contributed by atoms with Crippen molar-refractivity contribution in [3.05, 3.63) is 12.2 Å². The average molecular weight is 235 g/mol. The van der Waals surface area contributed by atoms with Crippen LogP contribution in [-0.4, -0.2) is 24.4 Å². The summed E-state index contributed by atoms with van der Waals surface area (Å²) < 4.78 is 0. The number of carbonyl (C=O) groups is 1. The lowest BCUT2D eigenvalue weighted by atomic mass is 10.1. The van der Waals surface area contributed by atoms with Gasteiger partial charge in [0.2, 0.25) is 5.91 Å². The third-order valence-electron chi connectivity index (χ3n) is 3.99. The van der Waals surface area contributed by atoms with Gasteiger partial charge in [0.05, 0.1) is 0 Å². The van der Waals surface area contributed by atoms with Gasteiger partial charge in [-0.2, -0.15) is 0 Å². The van der Waals surface area contributed by atoms with Crippen molar-refractivity contribution in [3.63, 3.8) is 0 Å².